The van der Waals surface area contributed by atoms with Crippen molar-refractivity contribution in [3.8, 4) is 16.9 Å². The van der Waals surface area contributed by atoms with Crippen LogP contribution in [-0.2, 0) is 18.3 Å². The van der Waals surface area contributed by atoms with E-state index >= 15 is 0 Å². The molecule has 0 aliphatic carbocycles. The summed E-state index contributed by atoms with van der Waals surface area (Å²) in [6.45, 7) is 14.8. The summed E-state index contributed by atoms with van der Waals surface area (Å²) in [6.07, 6.45) is -0.249. The average Bonchev–Trinajstić information content (AvgIpc) is 3.22. The number of nitrogens with one attached hydrogen (secondary N) is 2. The Morgan fingerprint density at radius 3 is 2.15 bits per heavy atom. The van der Waals surface area contributed by atoms with Crippen LogP contribution in [-0.4, -0.2) is 51.0 Å². The Hall–Kier alpha value is -3.17. The molecule has 0 radical (unpaired) electrons. The van der Waals surface area contributed by atoms with Gasteiger partial charge >= 0.3 is 6.18 Å². The van der Waals surface area contributed by atoms with Crippen molar-refractivity contribution in [1.29, 1.82) is 0 Å². The summed E-state index contributed by atoms with van der Waals surface area (Å²) >= 11 is 0. The predicted molar refractivity (Wildman–Crippen MR) is 156 cm³/mol. The van der Waals surface area contributed by atoms with E-state index < -0.39 is 30.0 Å². The van der Waals surface area contributed by atoms with Crippen LogP contribution in [0.25, 0.3) is 11.1 Å². The molecule has 222 valence electrons. The standard InChI is InChI=1S/C27H32F3N3O2.C2H7N.C2H6/c1-17(2)6-8-23-18(3)10-21(33-23)12-26(35,27(28,29)30)15-25(4,5)22-11-19(7-9-24(22)34)20-13-31-16-32-14-20;1-3-2;1-2/h7,9-11,13-14,16,33-35H,1,6,8,12,15H2,2-5H3;3H,1-2H3;1-2H3. The van der Waals surface area contributed by atoms with Gasteiger partial charge in [0.05, 0.1) is 0 Å². The second-order valence-electron chi connectivity index (χ2n) is 10.5. The molecule has 2 heterocycles. The Balaban J connectivity index is 0.00000150. The number of phenolic OH excluding ortho intramolecular Hbond substituents is 1. The number of phenols is 1. The average molecular weight is 563 g/mol. The molecule has 40 heavy (non-hydrogen) atoms. The lowest BCUT2D eigenvalue weighted by Crippen LogP contribution is -2.50. The van der Waals surface area contributed by atoms with Crippen LogP contribution in [0.4, 0.5) is 13.2 Å². The second-order valence-corrected chi connectivity index (χ2v) is 10.5. The quantitative estimate of drug-likeness (QED) is 0.210. The van der Waals surface area contributed by atoms with Crippen LogP contribution in [0.1, 0.15) is 70.0 Å². The van der Waals surface area contributed by atoms with Crippen LogP contribution in [0.3, 0.4) is 0 Å². The number of aromatic hydroxyl groups is 1. The van der Waals surface area contributed by atoms with Gasteiger partial charge in [-0.15, -0.1) is 6.58 Å². The van der Waals surface area contributed by atoms with Crippen LogP contribution < -0.4 is 5.32 Å². The molecule has 0 aliphatic heterocycles. The summed E-state index contributed by atoms with van der Waals surface area (Å²) in [5.41, 5.74) is 0.368. The normalized spacial score (nSPS) is 12.9. The fourth-order valence-electron chi connectivity index (χ4n) is 4.48. The van der Waals surface area contributed by atoms with E-state index in [4.69, 9.17) is 0 Å². The molecule has 1 unspecified atom stereocenters. The minimum atomic E-state index is -4.89. The second kappa shape index (κ2) is 15.0. The highest BCUT2D eigenvalue weighted by atomic mass is 19.4. The Morgan fingerprint density at radius 2 is 1.62 bits per heavy atom. The zero-order chi connectivity index (χ0) is 30.7. The maximum atomic E-state index is 14.3. The van der Waals surface area contributed by atoms with Crippen LogP contribution >= 0.6 is 0 Å². The van der Waals surface area contributed by atoms with Gasteiger partial charge in [-0.2, -0.15) is 13.2 Å². The molecular weight excluding hydrogens is 517 g/mol. The number of rotatable bonds is 9. The molecule has 9 heteroatoms. The first-order valence-electron chi connectivity index (χ1n) is 13.4. The number of alkyl halides is 3. The zero-order valence-corrected chi connectivity index (χ0v) is 25.0. The number of halogens is 3. The van der Waals surface area contributed by atoms with Crippen molar-refractivity contribution in [1.82, 2.24) is 20.3 Å². The highest BCUT2D eigenvalue weighted by Crippen LogP contribution is 2.45. The number of aliphatic hydroxyl groups is 1. The lowest BCUT2D eigenvalue weighted by Gasteiger charge is -2.38. The van der Waals surface area contributed by atoms with Crippen molar-refractivity contribution in [3.63, 3.8) is 0 Å². The summed E-state index contributed by atoms with van der Waals surface area (Å²) < 4.78 is 42.9. The van der Waals surface area contributed by atoms with Gasteiger partial charge in [-0.3, -0.25) is 0 Å². The van der Waals surface area contributed by atoms with E-state index in [1.165, 1.54) is 12.4 Å². The van der Waals surface area contributed by atoms with Crippen LogP contribution in [0.15, 0.2) is 55.1 Å². The van der Waals surface area contributed by atoms with Gasteiger partial charge in [-0.25, -0.2) is 9.97 Å². The van der Waals surface area contributed by atoms with Gasteiger partial charge in [-0.1, -0.05) is 39.3 Å². The molecule has 3 aromatic rings. The number of aryl methyl sites for hydroxylation is 2. The van der Waals surface area contributed by atoms with E-state index in [0.29, 0.717) is 28.8 Å². The molecule has 0 fully saturated rings. The van der Waals surface area contributed by atoms with Crippen molar-refractivity contribution < 1.29 is 23.4 Å². The largest absolute Gasteiger partial charge is 0.508 e. The SMILES string of the molecule is C=C(C)CCc1[nH]c(CC(O)(CC(C)(C)c2cc(-c3cncnc3)ccc2O)C(F)(F)F)cc1C.CC.CNC. The minimum absolute atomic E-state index is 0.141. The van der Waals surface area contributed by atoms with Crippen LogP contribution in [0, 0.1) is 6.92 Å². The summed E-state index contributed by atoms with van der Waals surface area (Å²) in [5.74, 6) is -0.141. The molecule has 0 spiro atoms. The molecular formula is C31H45F3N4O2. The van der Waals surface area contributed by atoms with Gasteiger partial charge in [0.2, 0.25) is 0 Å². The molecule has 1 aromatic carbocycles. The third-order valence-corrected chi connectivity index (χ3v) is 6.34. The maximum Gasteiger partial charge on any atom is 0.417 e. The summed E-state index contributed by atoms with van der Waals surface area (Å²) in [5, 5.41) is 24.3. The van der Waals surface area contributed by atoms with Gasteiger partial charge < -0.3 is 20.5 Å². The fraction of sp³-hybridized carbons (Fsp3) is 0.484. The molecule has 1 atom stereocenters. The lowest BCUT2D eigenvalue weighted by atomic mass is 9.72. The number of aromatic nitrogens is 3. The molecule has 3 rings (SSSR count). The third-order valence-electron chi connectivity index (χ3n) is 6.34. The molecule has 0 amide bonds. The molecule has 0 bridgehead atoms. The monoisotopic (exact) mass is 562 g/mol. The van der Waals surface area contributed by atoms with Crippen molar-refractivity contribution >= 4 is 0 Å². The van der Waals surface area contributed by atoms with Crippen LogP contribution in [0.2, 0.25) is 0 Å². The van der Waals surface area contributed by atoms with E-state index in [0.717, 1.165) is 23.3 Å². The number of H-pyrrole nitrogens is 1. The number of allylic oxidation sites excluding steroid dienone is 1. The van der Waals surface area contributed by atoms with E-state index in [1.807, 2.05) is 41.8 Å². The number of aromatic amines is 1. The number of benzene rings is 1. The number of hydrogen-bond donors (Lipinski definition) is 4. The summed E-state index contributed by atoms with van der Waals surface area (Å²) in [4.78, 5) is 11.0. The smallest absolute Gasteiger partial charge is 0.417 e. The molecule has 0 aliphatic rings. The van der Waals surface area contributed by atoms with Crippen LogP contribution in [0.5, 0.6) is 5.75 Å². The highest BCUT2D eigenvalue weighted by molar-refractivity contribution is 5.64. The van der Waals surface area contributed by atoms with E-state index in [2.05, 4.69) is 26.8 Å². The topological polar surface area (TPSA) is 94.1 Å². The zero-order valence-electron chi connectivity index (χ0n) is 25.0. The molecule has 0 saturated heterocycles. The van der Waals surface area contributed by atoms with Gasteiger partial charge in [0.25, 0.3) is 0 Å². The Bertz CT molecular complexity index is 1210. The number of nitrogens with zero attached hydrogens (tertiary/aromatic N) is 2. The molecule has 6 nitrogen and oxygen atoms in total. The van der Waals surface area contributed by atoms with Crippen molar-refractivity contribution in [3.05, 3.63) is 77.7 Å². The van der Waals surface area contributed by atoms with Gasteiger partial charge in [0, 0.05) is 41.3 Å². The first-order chi connectivity index (χ1) is 18.6. The molecule has 2 aromatic heterocycles. The van der Waals surface area contributed by atoms with Crippen molar-refractivity contribution in [2.75, 3.05) is 14.1 Å². The first kappa shape index (κ1) is 34.9. The molecule has 0 saturated carbocycles. The Kier molecular flexibility index (Phi) is 13.1. The van der Waals surface area contributed by atoms with Gasteiger partial charge in [0.15, 0.2) is 5.60 Å². The highest BCUT2D eigenvalue weighted by Gasteiger charge is 2.56. The predicted octanol–water partition coefficient (Wildman–Crippen LogP) is 7.06. The lowest BCUT2D eigenvalue weighted by molar-refractivity contribution is -0.266. The van der Waals surface area contributed by atoms with Crippen molar-refractivity contribution in [2.45, 2.75) is 84.4 Å². The fourth-order valence-corrected chi connectivity index (χ4v) is 4.48. The van der Waals surface area contributed by atoms with E-state index in [-0.39, 0.29) is 5.75 Å². The van der Waals surface area contributed by atoms with Gasteiger partial charge in [-0.05, 0) is 81.9 Å². The first-order valence-corrected chi connectivity index (χ1v) is 13.4. The Morgan fingerprint density at radius 1 is 1.05 bits per heavy atom. The summed E-state index contributed by atoms with van der Waals surface area (Å²) in [6, 6.07) is 6.37. The summed E-state index contributed by atoms with van der Waals surface area (Å²) in [7, 11) is 3.75. The van der Waals surface area contributed by atoms with E-state index in [9.17, 15) is 23.4 Å². The van der Waals surface area contributed by atoms with Crippen molar-refractivity contribution in [2.24, 2.45) is 0 Å². The Labute approximate surface area is 236 Å². The van der Waals surface area contributed by atoms with Gasteiger partial charge in [0.1, 0.15) is 12.1 Å². The van der Waals surface area contributed by atoms with E-state index in [1.54, 1.807) is 44.4 Å². The molecule has 4 N–H and O–H groups in total. The number of hydrogen-bond acceptors (Lipinski definition) is 5. The third kappa shape index (κ3) is 9.48. The minimum Gasteiger partial charge on any atom is -0.508 e. The maximum absolute atomic E-state index is 14.3.